The molecule has 1 aromatic rings. The summed E-state index contributed by atoms with van der Waals surface area (Å²) in [7, 11) is 1.61. The second kappa shape index (κ2) is 3.33. The normalized spacial score (nSPS) is 18.6. The van der Waals surface area contributed by atoms with E-state index in [1.807, 2.05) is 18.2 Å². The Morgan fingerprint density at radius 3 is 3.00 bits per heavy atom. The lowest BCUT2D eigenvalue weighted by Gasteiger charge is -2.05. The van der Waals surface area contributed by atoms with Gasteiger partial charge in [0.15, 0.2) is 0 Å². The molecule has 0 N–H and O–H groups in total. The van der Waals surface area contributed by atoms with E-state index in [1.54, 1.807) is 14.0 Å². The van der Waals surface area contributed by atoms with Crippen LogP contribution in [0.5, 0.6) is 11.5 Å². The van der Waals surface area contributed by atoms with Gasteiger partial charge in [0.1, 0.15) is 23.9 Å². The Morgan fingerprint density at radius 2 is 2.36 bits per heavy atom. The molecule has 74 valence electrons. The molecule has 0 saturated heterocycles. The Kier molecular flexibility index (Phi) is 2.15. The molecule has 0 fully saturated rings. The molecule has 1 aliphatic rings. The monoisotopic (exact) mass is 192 g/mol. The largest absolute Gasteiger partial charge is 0.497 e. The van der Waals surface area contributed by atoms with Gasteiger partial charge in [-0.1, -0.05) is 0 Å². The van der Waals surface area contributed by atoms with E-state index in [2.05, 4.69) is 0 Å². The van der Waals surface area contributed by atoms with Gasteiger partial charge in [-0.15, -0.1) is 0 Å². The average molecular weight is 192 g/mol. The van der Waals surface area contributed by atoms with Crippen molar-refractivity contribution in [3.8, 4) is 11.5 Å². The molecular weight excluding hydrogens is 180 g/mol. The molecule has 3 heteroatoms. The Bertz CT molecular complexity index is 371. The minimum absolute atomic E-state index is 0.125. The van der Waals surface area contributed by atoms with E-state index in [-0.39, 0.29) is 11.7 Å². The highest BCUT2D eigenvalue weighted by molar-refractivity contribution is 5.85. The topological polar surface area (TPSA) is 35.5 Å². The maximum absolute atomic E-state index is 11.3. The van der Waals surface area contributed by atoms with Crippen LogP contribution >= 0.6 is 0 Å². The first kappa shape index (κ1) is 9.06. The van der Waals surface area contributed by atoms with Crippen LogP contribution in [0.15, 0.2) is 18.2 Å². The van der Waals surface area contributed by atoms with Crippen molar-refractivity contribution in [3.63, 3.8) is 0 Å². The standard InChI is InChI=1S/C11H12O3/c1-7(12)10-6-14-11-4-3-8(13-2)5-9(10)11/h3-5,10H,6H2,1-2H3. The van der Waals surface area contributed by atoms with Gasteiger partial charge in [0.25, 0.3) is 0 Å². The van der Waals surface area contributed by atoms with Gasteiger partial charge >= 0.3 is 0 Å². The predicted octanol–water partition coefficient (Wildman–Crippen LogP) is 1.76. The molecule has 3 nitrogen and oxygen atoms in total. The third-order valence-electron chi connectivity index (χ3n) is 2.49. The average Bonchev–Trinajstić information content (AvgIpc) is 2.59. The molecule has 1 aliphatic heterocycles. The van der Waals surface area contributed by atoms with E-state index < -0.39 is 0 Å². The molecule has 0 saturated carbocycles. The molecule has 1 unspecified atom stereocenters. The first-order chi connectivity index (χ1) is 6.72. The summed E-state index contributed by atoms with van der Waals surface area (Å²) < 4.78 is 10.5. The quantitative estimate of drug-likeness (QED) is 0.716. The van der Waals surface area contributed by atoms with Gasteiger partial charge in [-0.05, 0) is 25.1 Å². The fourth-order valence-corrected chi connectivity index (χ4v) is 1.66. The Morgan fingerprint density at radius 1 is 1.57 bits per heavy atom. The Labute approximate surface area is 82.6 Å². The maximum atomic E-state index is 11.3. The minimum Gasteiger partial charge on any atom is -0.497 e. The lowest BCUT2D eigenvalue weighted by molar-refractivity contribution is -0.118. The number of rotatable bonds is 2. The van der Waals surface area contributed by atoms with Crippen LogP contribution < -0.4 is 9.47 Å². The smallest absolute Gasteiger partial charge is 0.140 e. The summed E-state index contributed by atoms with van der Waals surface area (Å²) in [5.74, 6) is 1.57. The first-order valence-corrected chi connectivity index (χ1v) is 4.53. The number of methoxy groups -OCH3 is 1. The number of carbonyl (C=O) groups is 1. The maximum Gasteiger partial charge on any atom is 0.140 e. The summed E-state index contributed by atoms with van der Waals surface area (Å²) in [6.45, 7) is 2.04. The number of ketones is 1. The molecule has 14 heavy (non-hydrogen) atoms. The minimum atomic E-state index is -0.125. The van der Waals surface area contributed by atoms with Crippen molar-refractivity contribution in [1.29, 1.82) is 0 Å². The van der Waals surface area contributed by atoms with Crippen molar-refractivity contribution >= 4 is 5.78 Å². The SMILES string of the molecule is COc1ccc2c(c1)C(C(C)=O)CO2. The van der Waals surface area contributed by atoms with Crippen LogP contribution in [-0.2, 0) is 4.79 Å². The highest BCUT2D eigenvalue weighted by Crippen LogP contribution is 2.36. The van der Waals surface area contributed by atoms with Crippen LogP contribution in [0.3, 0.4) is 0 Å². The lowest BCUT2D eigenvalue weighted by atomic mass is 9.98. The molecule has 0 bridgehead atoms. The number of ether oxygens (including phenoxy) is 2. The highest BCUT2D eigenvalue weighted by Gasteiger charge is 2.27. The summed E-state index contributed by atoms with van der Waals surface area (Å²) in [6, 6.07) is 5.55. The summed E-state index contributed by atoms with van der Waals surface area (Å²) in [5.41, 5.74) is 0.942. The lowest BCUT2D eigenvalue weighted by Crippen LogP contribution is -2.09. The number of fused-ring (bicyclic) bond motifs is 1. The van der Waals surface area contributed by atoms with Crippen molar-refractivity contribution < 1.29 is 14.3 Å². The van der Waals surface area contributed by atoms with E-state index in [4.69, 9.17) is 9.47 Å². The van der Waals surface area contributed by atoms with E-state index >= 15 is 0 Å². The summed E-state index contributed by atoms with van der Waals surface area (Å²) in [4.78, 5) is 11.3. The van der Waals surface area contributed by atoms with Gasteiger partial charge in [-0.3, -0.25) is 4.79 Å². The molecule has 2 rings (SSSR count). The molecule has 0 aliphatic carbocycles. The van der Waals surface area contributed by atoms with Gasteiger partial charge in [-0.25, -0.2) is 0 Å². The Balaban J connectivity index is 2.41. The molecule has 0 spiro atoms. The molecule has 1 atom stereocenters. The second-order valence-corrected chi connectivity index (χ2v) is 3.38. The van der Waals surface area contributed by atoms with Crippen LogP contribution in [0.1, 0.15) is 18.4 Å². The number of Topliss-reactive ketones (excluding diaryl/α,β-unsaturated/α-hetero) is 1. The molecule has 0 amide bonds. The summed E-state index contributed by atoms with van der Waals surface area (Å²) >= 11 is 0. The van der Waals surface area contributed by atoms with Crippen molar-refractivity contribution in [2.24, 2.45) is 0 Å². The molecule has 1 heterocycles. The van der Waals surface area contributed by atoms with Crippen molar-refractivity contribution in [2.45, 2.75) is 12.8 Å². The van der Waals surface area contributed by atoms with Gasteiger partial charge in [0.2, 0.25) is 0 Å². The zero-order valence-corrected chi connectivity index (χ0v) is 8.24. The van der Waals surface area contributed by atoms with Gasteiger partial charge in [0.05, 0.1) is 13.0 Å². The van der Waals surface area contributed by atoms with Crippen LogP contribution in [0, 0.1) is 0 Å². The van der Waals surface area contributed by atoms with E-state index in [1.165, 1.54) is 0 Å². The summed E-state index contributed by atoms with van der Waals surface area (Å²) in [6.07, 6.45) is 0. The number of hydrogen-bond donors (Lipinski definition) is 0. The molecule has 0 radical (unpaired) electrons. The fraction of sp³-hybridized carbons (Fsp3) is 0.364. The van der Waals surface area contributed by atoms with Gasteiger partial charge < -0.3 is 9.47 Å². The Hall–Kier alpha value is -1.51. The van der Waals surface area contributed by atoms with E-state index in [0.29, 0.717) is 6.61 Å². The van der Waals surface area contributed by atoms with Gasteiger partial charge in [0, 0.05) is 5.56 Å². The second-order valence-electron chi connectivity index (χ2n) is 3.38. The van der Waals surface area contributed by atoms with E-state index in [0.717, 1.165) is 17.1 Å². The molecular formula is C11H12O3. The number of hydrogen-bond acceptors (Lipinski definition) is 3. The van der Waals surface area contributed by atoms with E-state index in [9.17, 15) is 4.79 Å². The van der Waals surface area contributed by atoms with Gasteiger partial charge in [-0.2, -0.15) is 0 Å². The van der Waals surface area contributed by atoms with Crippen LogP contribution in [0.2, 0.25) is 0 Å². The molecule has 1 aromatic carbocycles. The third kappa shape index (κ3) is 1.35. The van der Waals surface area contributed by atoms with Crippen molar-refractivity contribution in [3.05, 3.63) is 23.8 Å². The van der Waals surface area contributed by atoms with Crippen LogP contribution in [0.25, 0.3) is 0 Å². The van der Waals surface area contributed by atoms with Crippen molar-refractivity contribution in [1.82, 2.24) is 0 Å². The first-order valence-electron chi connectivity index (χ1n) is 4.53. The zero-order chi connectivity index (χ0) is 10.1. The number of carbonyl (C=O) groups excluding carboxylic acids is 1. The third-order valence-corrected chi connectivity index (χ3v) is 2.49. The number of benzene rings is 1. The fourth-order valence-electron chi connectivity index (χ4n) is 1.66. The van der Waals surface area contributed by atoms with Crippen LogP contribution in [-0.4, -0.2) is 19.5 Å². The predicted molar refractivity (Wildman–Crippen MR) is 51.9 cm³/mol. The zero-order valence-electron chi connectivity index (χ0n) is 8.24. The molecule has 0 aromatic heterocycles. The summed E-state index contributed by atoms with van der Waals surface area (Å²) in [5, 5.41) is 0. The van der Waals surface area contributed by atoms with Crippen LogP contribution in [0.4, 0.5) is 0 Å². The van der Waals surface area contributed by atoms with Crippen molar-refractivity contribution in [2.75, 3.05) is 13.7 Å². The highest BCUT2D eigenvalue weighted by atomic mass is 16.5.